The zero-order valence-electron chi connectivity index (χ0n) is 10.0. The van der Waals surface area contributed by atoms with Crippen molar-refractivity contribution in [1.29, 1.82) is 0 Å². The van der Waals surface area contributed by atoms with Gasteiger partial charge in [0.2, 0.25) is 0 Å². The predicted octanol–water partition coefficient (Wildman–Crippen LogP) is 2.44. The quantitative estimate of drug-likeness (QED) is 0.470. The van der Waals surface area contributed by atoms with E-state index in [-0.39, 0.29) is 5.82 Å². The maximum absolute atomic E-state index is 12.9. The van der Waals surface area contributed by atoms with E-state index >= 15 is 0 Å². The summed E-state index contributed by atoms with van der Waals surface area (Å²) in [6.07, 6.45) is 2.09. The SMILES string of the molecule is O/N=C1/CCCc2c1nc(-c1ccc(F)cc1)n2O. The van der Waals surface area contributed by atoms with Crippen molar-refractivity contribution in [3.8, 4) is 11.4 Å². The number of oxime groups is 1. The zero-order valence-corrected chi connectivity index (χ0v) is 10.0. The van der Waals surface area contributed by atoms with Gasteiger partial charge in [0.25, 0.3) is 0 Å². The van der Waals surface area contributed by atoms with Crippen LogP contribution in [-0.4, -0.2) is 25.8 Å². The smallest absolute Gasteiger partial charge is 0.176 e. The second-order valence-electron chi connectivity index (χ2n) is 4.45. The van der Waals surface area contributed by atoms with Gasteiger partial charge in [-0.2, -0.15) is 4.73 Å². The summed E-state index contributed by atoms with van der Waals surface area (Å²) in [4.78, 5) is 4.30. The molecule has 0 amide bonds. The maximum Gasteiger partial charge on any atom is 0.176 e. The summed E-state index contributed by atoms with van der Waals surface area (Å²) in [5.41, 5.74) is 2.21. The van der Waals surface area contributed by atoms with Crippen LogP contribution in [0.3, 0.4) is 0 Å². The first kappa shape index (κ1) is 11.7. The summed E-state index contributed by atoms with van der Waals surface area (Å²) in [7, 11) is 0. The number of benzene rings is 1. The van der Waals surface area contributed by atoms with E-state index < -0.39 is 0 Å². The summed E-state index contributed by atoms with van der Waals surface area (Å²) in [5.74, 6) is -0.0183. The summed E-state index contributed by atoms with van der Waals surface area (Å²) >= 11 is 0. The van der Waals surface area contributed by atoms with E-state index in [1.165, 1.54) is 12.1 Å². The van der Waals surface area contributed by atoms with Crippen LogP contribution in [0.5, 0.6) is 0 Å². The number of nitrogens with zero attached hydrogens (tertiary/aromatic N) is 3. The third-order valence-electron chi connectivity index (χ3n) is 3.27. The van der Waals surface area contributed by atoms with Gasteiger partial charge in [-0.3, -0.25) is 0 Å². The van der Waals surface area contributed by atoms with Crippen molar-refractivity contribution in [3.63, 3.8) is 0 Å². The molecule has 0 spiro atoms. The van der Waals surface area contributed by atoms with Gasteiger partial charge in [0.15, 0.2) is 5.82 Å². The van der Waals surface area contributed by atoms with E-state index in [2.05, 4.69) is 10.1 Å². The van der Waals surface area contributed by atoms with Gasteiger partial charge >= 0.3 is 0 Å². The van der Waals surface area contributed by atoms with E-state index in [4.69, 9.17) is 5.21 Å². The Morgan fingerprint density at radius 1 is 1.21 bits per heavy atom. The number of halogens is 1. The number of aromatic nitrogens is 2. The fraction of sp³-hybridized carbons (Fsp3) is 0.231. The molecule has 0 unspecified atom stereocenters. The zero-order chi connectivity index (χ0) is 13.4. The highest BCUT2D eigenvalue weighted by molar-refractivity contribution is 6.00. The van der Waals surface area contributed by atoms with Crippen LogP contribution in [0, 0.1) is 5.82 Å². The van der Waals surface area contributed by atoms with Crippen molar-refractivity contribution in [2.75, 3.05) is 0 Å². The first-order chi connectivity index (χ1) is 9.20. The van der Waals surface area contributed by atoms with Gasteiger partial charge in [0.05, 0.1) is 5.69 Å². The Morgan fingerprint density at radius 2 is 1.95 bits per heavy atom. The molecule has 5 nitrogen and oxygen atoms in total. The lowest BCUT2D eigenvalue weighted by molar-refractivity contribution is 0.181. The van der Waals surface area contributed by atoms with E-state index in [1.54, 1.807) is 12.1 Å². The Morgan fingerprint density at radius 3 is 2.63 bits per heavy atom. The molecule has 19 heavy (non-hydrogen) atoms. The molecule has 0 radical (unpaired) electrons. The van der Waals surface area contributed by atoms with Crippen molar-refractivity contribution in [1.82, 2.24) is 9.71 Å². The van der Waals surface area contributed by atoms with Crippen LogP contribution in [0.1, 0.15) is 24.2 Å². The van der Waals surface area contributed by atoms with Gasteiger partial charge in [0, 0.05) is 5.56 Å². The average molecular weight is 261 g/mol. The highest BCUT2D eigenvalue weighted by atomic mass is 19.1. The molecule has 0 saturated carbocycles. The van der Waals surface area contributed by atoms with Crippen molar-refractivity contribution < 1.29 is 14.8 Å². The minimum absolute atomic E-state index is 0.327. The third kappa shape index (κ3) is 1.85. The highest BCUT2D eigenvalue weighted by Gasteiger charge is 2.25. The molecule has 0 saturated heterocycles. The molecule has 0 atom stereocenters. The standard InChI is InChI=1S/C13H12FN3O2/c14-9-6-4-8(5-7-9)13-15-12-10(16-18)2-1-3-11(12)17(13)19/h4-7,18-19H,1-3H2/b16-10-. The maximum atomic E-state index is 12.9. The van der Waals surface area contributed by atoms with Gasteiger partial charge in [-0.1, -0.05) is 5.16 Å². The van der Waals surface area contributed by atoms with Crippen LogP contribution in [0.4, 0.5) is 4.39 Å². The van der Waals surface area contributed by atoms with Crippen LogP contribution in [-0.2, 0) is 6.42 Å². The number of hydrogen-bond donors (Lipinski definition) is 2. The highest BCUT2D eigenvalue weighted by Crippen LogP contribution is 2.27. The van der Waals surface area contributed by atoms with Gasteiger partial charge in [-0.15, -0.1) is 0 Å². The Hall–Kier alpha value is -2.37. The lowest BCUT2D eigenvalue weighted by Gasteiger charge is -2.11. The van der Waals surface area contributed by atoms with Gasteiger partial charge < -0.3 is 10.4 Å². The number of hydrogen-bond acceptors (Lipinski definition) is 4. The molecule has 0 bridgehead atoms. The van der Waals surface area contributed by atoms with Crippen molar-refractivity contribution in [3.05, 3.63) is 41.5 Å². The molecule has 98 valence electrons. The fourth-order valence-electron chi connectivity index (χ4n) is 2.33. The monoisotopic (exact) mass is 261 g/mol. The van der Waals surface area contributed by atoms with Crippen LogP contribution >= 0.6 is 0 Å². The molecule has 1 aliphatic carbocycles. The number of fused-ring (bicyclic) bond motifs is 1. The minimum Gasteiger partial charge on any atom is -0.427 e. The summed E-state index contributed by atoms with van der Waals surface area (Å²) < 4.78 is 13.9. The Labute approximate surface area is 108 Å². The molecule has 1 aliphatic rings. The molecule has 1 aromatic heterocycles. The summed E-state index contributed by atoms with van der Waals surface area (Å²) in [6, 6.07) is 5.71. The summed E-state index contributed by atoms with van der Waals surface area (Å²) in [6.45, 7) is 0. The van der Waals surface area contributed by atoms with Gasteiger partial charge in [0.1, 0.15) is 17.2 Å². The molecule has 1 heterocycles. The molecule has 0 fully saturated rings. The van der Waals surface area contributed by atoms with Gasteiger partial charge in [-0.05, 0) is 43.5 Å². The fourth-order valence-corrected chi connectivity index (χ4v) is 2.33. The van der Waals surface area contributed by atoms with E-state index in [0.29, 0.717) is 41.3 Å². The first-order valence-electron chi connectivity index (χ1n) is 5.99. The molecule has 2 aromatic rings. The molecular weight excluding hydrogens is 249 g/mol. The Kier molecular flexibility index (Phi) is 2.70. The largest absolute Gasteiger partial charge is 0.427 e. The molecule has 1 aromatic carbocycles. The normalized spacial score (nSPS) is 16.6. The van der Waals surface area contributed by atoms with Crippen molar-refractivity contribution in [2.24, 2.45) is 5.16 Å². The first-order valence-corrected chi connectivity index (χ1v) is 5.99. The van der Waals surface area contributed by atoms with Crippen LogP contribution < -0.4 is 0 Å². The molecule has 2 N–H and O–H groups in total. The van der Waals surface area contributed by atoms with Crippen LogP contribution in [0.15, 0.2) is 29.4 Å². The number of rotatable bonds is 1. The minimum atomic E-state index is -0.345. The van der Waals surface area contributed by atoms with E-state index in [9.17, 15) is 9.60 Å². The predicted molar refractivity (Wildman–Crippen MR) is 66.1 cm³/mol. The lowest BCUT2D eigenvalue weighted by Crippen LogP contribution is -2.13. The lowest BCUT2D eigenvalue weighted by atomic mass is 9.99. The molecule has 0 aliphatic heterocycles. The van der Waals surface area contributed by atoms with Crippen LogP contribution in [0.25, 0.3) is 11.4 Å². The van der Waals surface area contributed by atoms with Crippen LogP contribution in [0.2, 0.25) is 0 Å². The van der Waals surface area contributed by atoms with E-state index in [0.717, 1.165) is 11.2 Å². The summed E-state index contributed by atoms with van der Waals surface area (Å²) in [5, 5.41) is 22.3. The Bertz CT molecular complexity index is 647. The van der Waals surface area contributed by atoms with Crippen molar-refractivity contribution in [2.45, 2.75) is 19.3 Å². The molecular formula is C13H12FN3O2. The number of imidazole rings is 1. The van der Waals surface area contributed by atoms with Gasteiger partial charge in [-0.25, -0.2) is 9.37 Å². The Balaban J connectivity index is 2.14. The molecule has 6 heteroatoms. The van der Waals surface area contributed by atoms with E-state index in [1.807, 2.05) is 0 Å². The third-order valence-corrected chi connectivity index (χ3v) is 3.27. The van der Waals surface area contributed by atoms with Crippen molar-refractivity contribution >= 4 is 5.71 Å². The molecule has 3 rings (SSSR count). The topological polar surface area (TPSA) is 70.6 Å². The second-order valence-corrected chi connectivity index (χ2v) is 4.45. The average Bonchev–Trinajstić information content (AvgIpc) is 2.77. The second kappa shape index (κ2) is 4.38.